The smallest absolute Gasteiger partial charge is 0.251 e. The van der Waals surface area contributed by atoms with Crippen molar-refractivity contribution in [2.45, 2.75) is 38.1 Å². The number of carbonyl (C=O) groups is 1. The highest BCUT2D eigenvalue weighted by Gasteiger charge is 2.30. The zero-order valence-electron chi connectivity index (χ0n) is 10.2. The molecule has 18 heavy (non-hydrogen) atoms. The number of benzene rings is 1. The Balaban J connectivity index is 2.19. The Morgan fingerprint density at radius 1 is 1.28 bits per heavy atom. The van der Waals surface area contributed by atoms with Crippen LogP contribution in [-0.4, -0.2) is 11.4 Å². The number of hydrogen-bond acceptors (Lipinski definition) is 2. The number of nitrogen functional groups attached to an aromatic ring is 1. The normalized spacial score (nSPS) is 17.7. The fraction of sp³-hybridized carbons (Fsp3) is 0.462. The van der Waals surface area contributed by atoms with Gasteiger partial charge in [-0.2, -0.15) is 0 Å². The van der Waals surface area contributed by atoms with Crippen LogP contribution in [0.4, 0.5) is 5.69 Å². The standard InChI is InChI=1S/C13H16Cl2N2O/c1-13(4-2-3-5-13)17-12(18)8-6-9(14)11(16)10(15)7-8/h6-7H,2-5,16H2,1H3,(H,17,18). The second-order valence-corrected chi connectivity index (χ2v) is 5.89. The van der Waals surface area contributed by atoms with E-state index >= 15 is 0 Å². The predicted octanol–water partition coefficient (Wildman–Crippen LogP) is 3.64. The predicted molar refractivity (Wildman–Crippen MR) is 75.2 cm³/mol. The van der Waals surface area contributed by atoms with E-state index in [0.717, 1.165) is 25.7 Å². The molecule has 0 spiro atoms. The lowest BCUT2D eigenvalue weighted by Gasteiger charge is -2.25. The molecule has 0 heterocycles. The van der Waals surface area contributed by atoms with Crippen LogP contribution in [-0.2, 0) is 0 Å². The van der Waals surface area contributed by atoms with E-state index in [9.17, 15) is 4.79 Å². The maximum absolute atomic E-state index is 12.2. The maximum atomic E-state index is 12.2. The molecular weight excluding hydrogens is 271 g/mol. The molecule has 0 radical (unpaired) electrons. The van der Waals surface area contributed by atoms with Gasteiger partial charge in [-0.3, -0.25) is 4.79 Å². The molecule has 1 aliphatic carbocycles. The molecule has 0 bridgehead atoms. The third-order valence-corrected chi connectivity index (χ3v) is 4.09. The fourth-order valence-electron chi connectivity index (χ4n) is 2.34. The summed E-state index contributed by atoms with van der Waals surface area (Å²) >= 11 is 11.9. The van der Waals surface area contributed by atoms with Crippen molar-refractivity contribution in [1.29, 1.82) is 0 Å². The van der Waals surface area contributed by atoms with E-state index in [1.807, 2.05) is 0 Å². The summed E-state index contributed by atoms with van der Waals surface area (Å²) in [7, 11) is 0. The van der Waals surface area contributed by atoms with E-state index in [2.05, 4.69) is 12.2 Å². The number of carbonyl (C=O) groups excluding carboxylic acids is 1. The van der Waals surface area contributed by atoms with Crippen LogP contribution < -0.4 is 11.1 Å². The van der Waals surface area contributed by atoms with Gasteiger partial charge in [0.2, 0.25) is 0 Å². The second kappa shape index (κ2) is 4.98. The van der Waals surface area contributed by atoms with E-state index in [-0.39, 0.29) is 11.4 Å². The van der Waals surface area contributed by atoms with Gasteiger partial charge in [0.25, 0.3) is 5.91 Å². The Hall–Kier alpha value is -0.930. The average molecular weight is 287 g/mol. The molecule has 0 atom stereocenters. The van der Waals surface area contributed by atoms with E-state index in [1.165, 1.54) is 0 Å². The summed E-state index contributed by atoms with van der Waals surface area (Å²) in [6.07, 6.45) is 4.32. The van der Waals surface area contributed by atoms with Crippen LogP contribution in [0, 0.1) is 0 Å². The summed E-state index contributed by atoms with van der Waals surface area (Å²) < 4.78 is 0. The number of amides is 1. The highest BCUT2D eigenvalue weighted by molar-refractivity contribution is 6.39. The lowest BCUT2D eigenvalue weighted by atomic mass is 10.00. The third-order valence-electron chi connectivity index (χ3n) is 3.46. The van der Waals surface area contributed by atoms with Gasteiger partial charge in [0.1, 0.15) is 0 Å². The van der Waals surface area contributed by atoms with Gasteiger partial charge in [0.15, 0.2) is 0 Å². The molecule has 1 fully saturated rings. The fourth-order valence-corrected chi connectivity index (χ4v) is 2.83. The summed E-state index contributed by atoms with van der Waals surface area (Å²) in [6, 6.07) is 3.10. The van der Waals surface area contributed by atoms with Gasteiger partial charge in [-0.05, 0) is 31.9 Å². The van der Waals surface area contributed by atoms with Crippen molar-refractivity contribution in [3.05, 3.63) is 27.7 Å². The number of hydrogen-bond donors (Lipinski definition) is 2. The van der Waals surface area contributed by atoms with E-state index in [1.54, 1.807) is 12.1 Å². The molecule has 98 valence electrons. The number of nitrogens with two attached hydrogens (primary N) is 1. The van der Waals surface area contributed by atoms with Crippen LogP contribution in [0.1, 0.15) is 43.0 Å². The summed E-state index contributed by atoms with van der Waals surface area (Å²) in [4.78, 5) is 12.2. The molecule has 0 saturated heterocycles. The largest absolute Gasteiger partial charge is 0.396 e. The summed E-state index contributed by atoms with van der Waals surface area (Å²) in [5.74, 6) is -0.150. The molecule has 5 heteroatoms. The van der Waals surface area contributed by atoms with Crippen LogP contribution in [0.5, 0.6) is 0 Å². The minimum Gasteiger partial charge on any atom is -0.396 e. The van der Waals surface area contributed by atoms with Gasteiger partial charge in [0.05, 0.1) is 15.7 Å². The van der Waals surface area contributed by atoms with Crippen molar-refractivity contribution >= 4 is 34.8 Å². The first-order valence-electron chi connectivity index (χ1n) is 5.98. The Bertz CT molecular complexity index is 459. The highest BCUT2D eigenvalue weighted by Crippen LogP contribution is 2.31. The van der Waals surface area contributed by atoms with Gasteiger partial charge in [-0.25, -0.2) is 0 Å². The van der Waals surface area contributed by atoms with Gasteiger partial charge in [-0.15, -0.1) is 0 Å². The zero-order chi connectivity index (χ0) is 13.3. The van der Waals surface area contributed by atoms with Crippen molar-refractivity contribution in [2.24, 2.45) is 0 Å². The molecule has 3 nitrogen and oxygen atoms in total. The van der Waals surface area contributed by atoms with E-state index in [0.29, 0.717) is 21.3 Å². The van der Waals surface area contributed by atoms with Crippen LogP contribution in [0.2, 0.25) is 10.0 Å². The Labute approximate surface area is 117 Å². The lowest BCUT2D eigenvalue weighted by molar-refractivity contribution is 0.0908. The summed E-state index contributed by atoms with van der Waals surface area (Å²) in [5.41, 5.74) is 6.29. The molecule has 1 aromatic carbocycles. The quantitative estimate of drug-likeness (QED) is 0.816. The first-order chi connectivity index (χ1) is 8.41. The van der Waals surface area contributed by atoms with E-state index < -0.39 is 0 Å². The summed E-state index contributed by atoms with van der Waals surface area (Å²) in [6.45, 7) is 2.07. The van der Waals surface area contributed by atoms with Gasteiger partial charge in [-0.1, -0.05) is 36.0 Å². The van der Waals surface area contributed by atoms with E-state index in [4.69, 9.17) is 28.9 Å². The van der Waals surface area contributed by atoms with Crippen LogP contribution in [0.25, 0.3) is 0 Å². The third kappa shape index (κ3) is 2.73. The van der Waals surface area contributed by atoms with Crippen molar-refractivity contribution in [2.75, 3.05) is 5.73 Å². The van der Waals surface area contributed by atoms with Gasteiger partial charge in [0, 0.05) is 11.1 Å². The van der Waals surface area contributed by atoms with Crippen molar-refractivity contribution < 1.29 is 4.79 Å². The van der Waals surface area contributed by atoms with Crippen molar-refractivity contribution in [1.82, 2.24) is 5.32 Å². The monoisotopic (exact) mass is 286 g/mol. The zero-order valence-corrected chi connectivity index (χ0v) is 11.7. The highest BCUT2D eigenvalue weighted by atomic mass is 35.5. The van der Waals surface area contributed by atoms with Crippen LogP contribution in [0.15, 0.2) is 12.1 Å². The minimum atomic E-state index is -0.150. The molecule has 3 N–H and O–H groups in total. The van der Waals surface area contributed by atoms with Crippen molar-refractivity contribution in [3.8, 4) is 0 Å². The molecular formula is C13H16Cl2N2O. The molecule has 0 aliphatic heterocycles. The minimum absolute atomic E-state index is 0.114. The first kappa shape index (κ1) is 13.5. The SMILES string of the molecule is CC1(NC(=O)c2cc(Cl)c(N)c(Cl)c2)CCCC1. The van der Waals surface area contributed by atoms with Gasteiger partial charge >= 0.3 is 0 Å². The topological polar surface area (TPSA) is 55.1 Å². The van der Waals surface area contributed by atoms with Crippen LogP contribution in [0.3, 0.4) is 0 Å². The maximum Gasteiger partial charge on any atom is 0.251 e. The average Bonchev–Trinajstić information content (AvgIpc) is 2.71. The Morgan fingerprint density at radius 2 is 1.78 bits per heavy atom. The summed E-state index contributed by atoms with van der Waals surface area (Å²) in [5, 5.41) is 3.67. The molecule has 1 aromatic rings. The lowest BCUT2D eigenvalue weighted by Crippen LogP contribution is -2.43. The Morgan fingerprint density at radius 3 is 2.28 bits per heavy atom. The molecule has 0 aromatic heterocycles. The Kier molecular flexibility index (Phi) is 3.74. The van der Waals surface area contributed by atoms with Crippen LogP contribution >= 0.6 is 23.2 Å². The number of anilines is 1. The molecule has 2 rings (SSSR count). The molecule has 1 amide bonds. The molecule has 1 saturated carbocycles. The number of halogens is 2. The first-order valence-corrected chi connectivity index (χ1v) is 6.74. The molecule has 1 aliphatic rings. The molecule has 0 unspecified atom stereocenters. The number of rotatable bonds is 2. The number of nitrogens with one attached hydrogen (secondary N) is 1. The van der Waals surface area contributed by atoms with Gasteiger partial charge < -0.3 is 11.1 Å². The van der Waals surface area contributed by atoms with Crippen molar-refractivity contribution in [3.63, 3.8) is 0 Å². The second-order valence-electron chi connectivity index (χ2n) is 5.08.